The average Bonchev–Trinajstić information content (AvgIpc) is 2.99. The lowest BCUT2D eigenvalue weighted by atomic mass is 10.1. The first-order valence-corrected chi connectivity index (χ1v) is 6.54. The molecular formula is C13H14BrN3. The molecule has 1 aliphatic rings. The number of halogens is 1. The van der Waals surface area contributed by atoms with Crippen LogP contribution in [0.2, 0.25) is 0 Å². The van der Waals surface area contributed by atoms with Gasteiger partial charge in [-0.1, -0.05) is 28.1 Å². The zero-order valence-electron chi connectivity index (χ0n) is 9.41. The van der Waals surface area contributed by atoms with E-state index < -0.39 is 0 Å². The lowest BCUT2D eigenvalue weighted by molar-refractivity contribution is 0.659. The predicted molar refractivity (Wildman–Crippen MR) is 71.7 cm³/mol. The molecule has 0 amide bonds. The number of rotatable bonds is 3. The van der Waals surface area contributed by atoms with Gasteiger partial charge >= 0.3 is 0 Å². The highest BCUT2D eigenvalue weighted by atomic mass is 79.9. The molecule has 0 unspecified atom stereocenters. The van der Waals surface area contributed by atoms with Crippen LogP contribution in [0.15, 0.2) is 34.9 Å². The number of nitrogens with zero attached hydrogens (tertiary/aromatic N) is 1. The van der Waals surface area contributed by atoms with E-state index in [1.54, 1.807) is 0 Å². The Labute approximate surface area is 109 Å². The number of nitrogens with one attached hydrogen (secondary N) is 1. The third kappa shape index (κ3) is 1.91. The molecule has 0 bridgehead atoms. The number of hydrogen-bond acceptors (Lipinski definition) is 2. The van der Waals surface area contributed by atoms with Gasteiger partial charge < -0.3 is 10.7 Å². The van der Waals surface area contributed by atoms with Crippen molar-refractivity contribution < 1.29 is 0 Å². The van der Waals surface area contributed by atoms with Crippen molar-refractivity contribution in [3.63, 3.8) is 0 Å². The first-order valence-electron chi connectivity index (χ1n) is 5.75. The Bertz CT molecular complexity index is 543. The number of aromatic amines is 1. The molecule has 3 nitrogen and oxygen atoms in total. The molecule has 1 aromatic carbocycles. The molecule has 1 heterocycles. The van der Waals surface area contributed by atoms with E-state index in [4.69, 9.17) is 5.73 Å². The van der Waals surface area contributed by atoms with Crippen LogP contribution in [0.1, 0.15) is 18.7 Å². The summed E-state index contributed by atoms with van der Waals surface area (Å²) in [6.45, 7) is 0.679. The quantitative estimate of drug-likeness (QED) is 0.914. The van der Waals surface area contributed by atoms with Gasteiger partial charge in [-0.05, 0) is 25.0 Å². The summed E-state index contributed by atoms with van der Waals surface area (Å²) in [7, 11) is 0. The van der Waals surface area contributed by atoms with Crippen LogP contribution < -0.4 is 5.73 Å². The van der Waals surface area contributed by atoms with Crippen LogP contribution in [0.3, 0.4) is 0 Å². The molecule has 4 heteroatoms. The fraction of sp³-hybridized carbons (Fsp3) is 0.308. The van der Waals surface area contributed by atoms with Gasteiger partial charge in [0.1, 0.15) is 5.82 Å². The van der Waals surface area contributed by atoms with Crippen LogP contribution in [0, 0.1) is 0 Å². The Hall–Kier alpha value is -1.13. The fourth-order valence-electron chi connectivity index (χ4n) is 2.08. The highest BCUT2D eigenvalue weighted by molar-refractivity contribution is 9.10. The molecule has 0 atom stereocenters. The van der Waals surface area contributed by atoms with Crippen molar-refractivity contribution in [1.82, 2.24) is 9.97 Å². The summed E-state index contributed by atoms with van der Waals surface area (Å²) in [5.41, 5.74) is 8.14. The topological polar surface area (TPSA) is 54.7 Å². The van der Waals surface area contributed by atoms with E-state index in [9.17, 15) is 0 Å². The van der Waals surface area contributed by atoms with E-state index in [-0.39, 0.29) is 5.41 Å². The van der Waals surface area contributed by atoms with Crippen LogP contribution in [0.25, 0.3) is 11.3 Å². The summed E-state index contributed by atoms with van der Waals surface area (Å²) >= 11 is 3.48. The summed E-state index contributed by atoms with van der Waals surface area (Å²) in [6.07, 6.45) is 4.19. The number of nitrogens with two attached hydrogens (primary N) is 1. The van der Waals surface area contributed by atoms with Gasteiger partial charge in [0.15, 0.2) is 0 Å². The van der Waals surface area contributed by atoms with Crippen LogP contribution in [-0.2, 0) is 5.41 Å². The van der Waals surface area contributed by atoms with Gasteiger partial charge in [-0.25, -0.2) is 4.98 Å². The lowest BCUT2D eigenvalue weighted by Gasteiger charge is -2.07. The maximum Gasteiger partial charge on any atom is 0.114 e. The highest BCUT2D eigenvalue weighted by Gasteiger charge is 2.45. The maximum absolute atomic E-state index is 5.81. The molecule has 1 aromatic heterocycles. The van der Waals surface area contributed by atoms with Crippen LogP contribution in [0.5, 0.6) is 0 Å². The van der Waals surface area contributed by atoms with Crippen molar-refractivity contribution in [3.8, 4) is 11.3 Å². The van der Waals surface area contributed by atoms with Gasteiger partial charge in [-0.15, -0.1) is 0 Å². The van der Waals surface area contributed by atoms with Crippen molar-refractivity contribution in [2.45, 2.75) is 18.3 Å². The van der Waals surface area contributed by atoms with Gasteiger partial charge in [0.2, 0.25) is 0 Å². The minimum absolute atomic E-state index is 0.129. The molecular weight excluding hydrogens is 278 g/mol. The smallest absolute Gasteiger partial charge is 0.114 e. The van der Waals surface area contributed by atoms with E-state index in [2.05, 4.69) is 38.0 Å². The zero-order valence-corrected chi connectivity index (χ0v) is 11.0. The molecule has 3 rings (SSSR count). The van der Waals surface area contributed by atoms with Crippen molar-refractivity contribution in [2.24, 2.45) is 5.73 Å². The van der Waals surface area contributed by atoms with E-state index in [1.165, 1.54) is 0 Å². The first-order chi connectivity index (χ1) is 8.23. The number of H-pyrrole nitrogens is 1. The van der Waals surface area contributed by atoms with Crippen molar-refractivity contribution >= 4 is 15.9 Å². The van der Waals surface area contributed by atoms with Gasteiger partial charge in [-0.3, -0.25) is 0 Å². The molecule has 1 fully saturated rings. The Balaban J connectivity index is 1.95. The molecule has 1 saturated carbocycles. The molecule has 2 aromatic rings. The van der Waals surface area contributed by atoms with Gasteiger partial charge in [0.25, 0.3) is 0 Å². The standard InChI is InChI=1S/C13H14BrN3/c14-10-3-1-2-9(6-10)11-7-16-12(17-11)13(8-15)4-5-13/h1-3,6-7H,4-5,8,15H2,(H,16,17). The largest absolute Gasteiger partial charge is 0.342 e. The molecule has 17 heavy (non-hydrogen) atoms. The molecule has 0 saturated heterocycles. The van der Waals surface area contributed by atoms with Crippen molar-refractivity contribution in [3.05, 3.63) is 40.8 Å². The third-order valence-corrected chi connectivity index (χ3v) is 3.95. The second-order valence-corrected chi connectivity index (χ2v) is 5.56. The van der Waals surface area contributed by atoms with E-state index in [1.807, 2.05) is 18.3 Å². The Morgan fingerprint density at radius 1 is 1.41 bits per heavy atom. The minimum atomic E-state index is 0.129. The normalized spacial score (nSPS) is 17.1. The average molecular weight is 292 g/mol. The Kier molecular flexibility index (Phi) is 2.56. The zero-order chi connectivity index (χ0) is 11.9. The first kappa shape index (κ1) is 11.0. The third-order valence-electron chi connectivity index (χ3n) is 3.46. The number of hydrogen-bond donors (Lipinski definition) is 2. The summed E-state index contributed by atoms with van der Waals surface area (Å²) in [5, 5.41) is 0. The Morgan fingerprint density at radius 2 is 2.24 bits per heavy atom. The summed E-state index contributed by atoms with van der Waals surface area (Å²) < 4.78 is 1.08. The van der Waals surface area contributed by atoms with E-state index in [0.29, 0.717) is 6.54 Å². The number of imidazole rings is 1. The molecule has 1 aliphatic carbocycles. The van der Waals surface area contributed by atoms with Crippen LogP contribution >= 0.6 is 15.9 Å². The molecule has 0 spiro atoms. The molecule has 3 N–H and O–H groups in total. The monoisotopic (exact) mass is 291 g/mol. The minimum Gasteiger partial charge on any atom is -0.342 e. The van der Waals surface area contributed by atoms with Gasteiger partial charge in [-0.2, -0.15) is 0 Å². The number of aromatic nitrogens is 2. The Morgan fingerprint density at radius 3 is 2.88 bits per heavy atom. The van der Waals surface area contributed by atoms with E-state index in [0.717, 1.165) is 34.4 Å². The van der Waals surface area contributed by atoms with Gasteiger partial charge in [0.05, 0.1) is 11.9 Å². The van der Waals surface area contributed by atoms with Crippen molar-refractivity contribution in [2.75, 3.05) is 6.54 Å². The predicted octanol–water partition coefficient (Wildman–Crippen LogP) is 2.83. The summed E-state index contributed by atoms with van der Waals surface area (Å²) in [4.78, 5) is 7.87. The highest BCUT2D eigenvalue weighted by Crippen LogP contribution is 2.46. The molecule has 88 valence electrons. The second kappa shape index (κ2) is 3.96. The lowest BCUT2D eigenvalue weighted by Crippen LogP contribution is -2.21. The van der Waals surface area contributed by atoms with Crippen LogP contribution in [0.4, 0.5) is 0 Å². The molecule has 0 radical (unpaired) electrons. The molecule has 0 aliphatic heterocycles. The summed E-state index contributed by atoms with van der Waals surface area (Å²) in [6, 6.07) is 8.20. The maximum atomic E-state index is 5.81. The second-order valence-electron chi connectivity index (χ2n) is 4.64. The number of benzene rings is 1. The summed E-state index contributed by atoms with van der Waals surface area (Å²) in [5.74, 6) is 1.04. The fourth-order valence-corrected chi connectivity index (χ4v) is 2.48. The van der Waals surface area contributed by atoms with Crippen LogP contribution in [-0.4, -0.2) is 16.5 Å². The van der Waals surface area contributed by atoms with E-state index >= 15 is 0 Å². The van der Waals surface area contributed by atoms with Gasteiger partial charge in [0, 0.05) is 22.0 Å². The van der Waals surface area contributed by atoms with Crippen molar-refractivity contribution in [1.29, 1.82) is 0 Å². The SMILES string of the molecule is NCC1(c2ncc(-c3cccc(Br)c3)[nH]2)CC1.